The van der Waals surface area contributed by atoms with Gasteiger partial charge >= 0.3 is 0 Å². The summed E-state index contributed by atoms with van der Waals surface area (Å²) in [6, 6.07) is 89.6. The smallest absolute Gasteiger partial charge is 0.248 e. The first kappa shape index (κ1) is 36.0. The third-order valence-electron chi connectivity index (χ3n) is 12.8. The van der Waals surface area contributed by atoms with Crippen LogP contribution >= 0.6 is 0 Å². The van der Waals surface area contributed by atoms with Gasteiger partial charge < -0.3 is 4.57 Å². The SMILES string of the molecule is c1ccc(-c2ccc3c(c2)B(c2c(-c4ccccc4)cc(-c4ccccc4)cc2-c2ccccc2)c2cc(-c4ccccc4)cc4c5cc(-c6ccccc6)ccc5n-3c24)cc1. The first-order chi connectivity index (χ1) is 30.8. The minimum Gasteiger partial charge on any atom is -0.310 e. The molecule has 10 aromatic carbocycles. The van der Waals surface area contributed by atoms with E-state index < -0.39 is 0 Å². The quantitative estimate of drug-likeness (QED) is 0.142. The number of hydrogen-bond acceptors (Lipinski definition) is 0. The molecule has 1 aromatic heterocycles. The van der Waals surface area contributed by atoms with Crippen molar-refractivity contribution in [2.24, 2.45) is 0 Å². The number of rotatable bonds is 7. The molecule has 0 unspecified atom stereocenters. The largest absolute Gasteiger partial charge is 0.310 e. The molecule has 0 aliphatic carbocycles. The minimum absolute atomic E-state index is 0.125. The van der Waals surface area contributed by atoms with Crippen LogP contribution in [0.25, 0.3) is 94.3 Å². The highest BCUT2D eigenvalue weighted by atomic mass is 15.0. The van der Waals surface area contributed by atoms with Crippen LogP contribution in [0.5, 0.6) is 0 Å². The van der Waals surface area contributed by atoms with Gasteiger partial charge in [0, 0.05) is 22.0 Å². The third-order valence-corrected chi connectivity index (χ3v) is 12.8. The average molecular weight is 786 g/mol. The lowest BCUT2D eigenvalue weighted by Crippen LogP contribution is -2.57. The first-order valence-corrected chi connectivity index (χ1v) is 21.5. The second-order valence-corrected chi connectivity index (χ2v) is 16.4. The Hall–Kier alpha value is -7.94. The second kappa shape index (κ2) is 15.0. The summed E-state index contributed by atoms with van der Waals surface area (Å²) in [4.78, 5) is 0. The van der Waals surface area contributed by atoms with E-state index in [0.717, 1.165) is 0 Å². The van der Waals surface area contributed by atoms with Gasteiger partial charge in [-0.2, -0.15) is 0 Å². The molecule has 12 rings (SSSR count). The molecule has 0 radical (unpaired) electrons. The van der Waals surface area contributed by atoms with Crippen LogP contribution in [0.4, 0.5) is 0 Å². The van der Waals surface area contributed by atoms with Crippen LogP contribution in [0.15, 0.2) is 243 Å². The zero-order valence-corrected chi connectivity index (χ0v) is 34.1. The number of hydrogen-bond donors (Lipinski definition) is 0. The summed E-state index contributed by atoms with van der Waals surface area (Å²) in [5.41, 5.74) is 22.1. The van der Waals surface area contributed by atoms with Gasteiger partial charge in [-0.3, -0.25) is 0 Å². The minimum atomic E-state index is -0.125. The number of benzene rings is 10. The third kappa shape index (κ3) is 6.03. The average Bonchev–Trinajstić information content (AvgIpc) is 3.69. The molecule has 0 spiro atoms. The Morgan fingerprint density at radius 3 is 1.16 bits per heavy atom. The topological polar surface area (TPSA) is 4.93 Å². The molecule has 2 heteroatoms. The molecular formula is C60H40BN. The van der Waals surface area contributed by atoms with Crippen LogP contribution < -0.4 is 16.4 Å². The van der Waals surface area contributed by atoms with Crippen molar-refractivity contribution in [2.45, 2.75) is 0 Å². The van der Waals surface area contributed by atoms with E-state index >= 15 is 0 Å². The summed E-state index contributed by atoms with van der Waals surface area (Å²) in [5, 5.41) is 2.52. The first-order valence-electron chi connectivity index (χ1n) is 21.5. The van der Waals surface area contributed by atoms with E-state index in [4.69, 9.17) is 0 Å². The van der Waals surface area contributed by atoms with E-state index in [0.29, 0.717) is 0 Å². The number of fused-ring (bicyclic) bond motifs is 5. The van der Waals surface area contributed by atoms with Crippen LogP contribution in [0.1, 0.15) is 0 Å². The highest BCUT2D eigenvalue weighted by Gasteiger charge is 2.38. The second-order valence-electron chi connectivity index (χ2n) is 16.4. The summed E-state index contributed by atoms with van der Waals surface area (Å²) in [5.74, 6) is 0. The summed E-state index contributed by atoms with van der Waals surface area (Å²) < 4.78 is 2.56. The molecule has 0 saturated heterocycles. The summed E-state index contributed by atoms with van der Waals surface area (Å²) >= 11 is 0. The van der Waals surface area contributed by atoms with Gasteiger partial charge in [0.15, 0.2) is 0 Å². The number of nitrogens with zero attached hydrogens (tertiary/aromatic N) is 1. The fraction of sp³-hybridized carbons (Fsp3) is 0. The van der Waals surface area contributed by atoms with E-state index in [1.54, 1.807) is 0 Å². The van der Waals surface area contributed by atoms with Crippen molar-refractivity contribution in [3.63, 3.8) is 0 Å². The Kier molecular flexibility index (Phi) is 8.68. The highest BCUT2D eigenvalue weighted by molar-refractivity contribution is 6.99. The number of aromatic nitrogens is 1. The fourth-order valence-electron chi connectivity index (χ4n) is 10.0. The van der Waals surface area contributed by atoms with Crippen molar-refractivity contribution < 1.29 is 0 Å². The Bertz CT molecular complexity index is 3350. The maximum absolute atomic E-state index is 2.56. The molecule has 1 aliphatic rings. The van der Waals surface area contributed by atoms with Crippen molar-refractivity contribution in [2.75, 3.05) is 0 Å². The highest BCUT2D eigenvalue weighted by Crippen LogP contribution is 2.40. The van der Waals surface area contributed by atoms with E-state index in [-0.39, 0.29) is 6.71 Å². The molecule has 288 valence electrons. The van der Waals surface area contributed by atoms with Gasteiger partial charge in [0.2, 0.25) is 6.71 Å². The lowest BCUT2D eigenvalue weighted by molar-refractivity contribution is 1.19. The van der Waals surface area contributed by atoms with Gasteiger partial charge in [0.05, 0.1) is 5.52 Å². The van der Waals surface area contributed by atoms with Gasteiger partial charge in [-0.1, -0.05) is 212 Å². The van der Waals surface area contributed by atoms with Crippen LogP contribution in [-0.4, -0.2) is 11.3 Å². The van der Waals surface area contributed by atoms with Crippen LogP contribution in [-0.2, 0) is 0 Å². The molecule has 0 fully saturated rings. The molecule has 1 nitrogen and oxygen atoms in total. The van der Waals surface area contributed by atoms with Crippen molar-refractivity contribution in [3.05, 3.63) is 243 Å². The molecule has 0 atom stereocenters. The lowest BCUT2D eigenvalue weighted by Gasteiger charge is -2.31. The van der Waals surface area contributed by atoms with Gasteiger partial charge in [-0.05, 0) is 114 Å². The van der Waals surface area contributed by atoms with E-state index in [1.165, 1.54) is 111 Å². The van der Waals surface area contributed by atoms with E-state index in [9.17, 15) is 0 Å². The maximum atomic E-state index is 2.56. The Morgan fingerprint density at radius 2 is 0.661 bits per heavy atom. The summed E-state index contributed by atoms with van der Waals surface area (Å²) in [6.45, 7) is -0.125. The molecule has 0 bridgehead atoms. The summed E-state index contributed by atoms with van der Waals surface area (Å²) in [6.07, 6.45) is 0. The van der Waals surface area contributed by atoms with Crippen molar-refractivity contribution in [1.29, 1.82) is 0 Å². The van der Waals surface area contributed by atoms with Crippen molar-refractivity contribution >= 4 is 44.9 Å². The van der Waals surface area contributed by atoms with Crippen molar-refractivity contribution in [3.8, 4) is 72.4 Å². The van der Waals surface area contributed by atoms with Gasteiger partial charge in [0.1, 0.15) is 0 Å². The normalized spacial score (nSPS) is 11.8. The standard InChI is InChI=1S/C60H40BN/c1-7-19-41(20-8-1)47-31-33-57-53(35-47)54-38-50(44-25-13-4-14-26-44)40-56-60(54)62(57)58-34-32-48(42-21-9-2-10-22-42)39-55(58)61(56)59-51(45-27-15-5-16-28-45)36-49(43-23-11-3-12-24-43)37-52(59)46-29-17-6-18-30-46/h1-40H. The van der Waals surface area contributed by atoms with Crippen LogP contribution in [0, 0.1) is 0 Å². The molecule has 2 heterocycles. The predicted octanol–water partition coefficient (Wildman–Crippen LogP) is 13.6. The zero-order valence-electron chi connectivity index (χ0n) is 34.1. The van der Waals surface area contributed by atoms with Crippen LogP contribution in [0.3, 0.4) is 0 Å². The zero-order chi connectivity index (χ0) is 41.0. The molecule has 1 aliphatic heterocycles. The lowest BCUT2D eigenvalue weighted by atomic mass is 9.33. The Balaban J connectivity index is 1.26. The molecule has 0 amide bonds. The van der Waals surface area contributed by atoms with E-state index in [1.807, 2.05) is 0 Å². The molecular weight excluding hydrogens is 745 g/mol. The van der Waals surface area contributed by atoms with Gasteiger partial charge in [-0.15, -0.1) is 0 Å². The predicted molar refractivity (Wildman–Crippen MR) is 264 cm³/mol. The molecule has 11 aromatic rings. The fourth-order valence-corrected chi connectivity index (χ4v) is 10.0. The summed E-state index contributed by atoms with van der Waals surface area (Å²) in [7, 11) is 0. The molecule has 0 saturated carbocycles. The van der Waals surface area contributed by atoms with Crippen molar-refractivity contribution in [1.82, 2.24) is 4.57 Å². The molecule has 0 N–H and O–H groups in total. The Morgan fingerprint density at radius 1 is 0.274 bits per heavy atom. The van der Waals surface area contributed by atoms with Gasteiger partial charge in [0.25, 0.3) is 0 Å². The molecule has 62 heavy (non-hydrogen) atoms. The monoisotopic (exact) mass is 785 g/mol. The maximum Gasteiger partial charge on any atom is 0.248 e. The van der Waals surface area contributed by atoms with Crippen LogP contribution in [0.2, 0.25) is 0 Å². The Labute approximate surface area is 362 Å². The van der Waals surface area contributed by atoms with E-state index in [2.05, 4.69) is 247 Å². The van der Waals surface area contributed by atoms with Gasteiger partial charge in [-0.25, -0.2) is 0 Å².